The molecule has 0 aliphatic heterocycles. The number of halogens is 1. The maximum absolute atomic E-state index is 12.0. The van der Waals surface area contributed by atoms with Gasteiger partial charge in [-0.05, 0) is 57.9 Å². The van der Waals surface area contributed by atoms with Crippen LogP contribution >= 0.6 is 15.9 Å². The van der Waals surface area contributed by atoms with Crippen molar-refractivity contribution in [3.63, 3.8) is 0 Å². The normalized spacial score (nSPS) is 10.1. The standard InChI is InChI=1S/C18H17BrO5/c1-22-14-6-4-13(5-7-14)16(20)11-24-18(21)10-12-3-8-17(23-2)15(19)9-12/h3-9H,10-11H2,1-2H3. The molecule has 5 nitrogen and oxygen atoms in total. The molecule has 0 saturated carbocycles. The number of esters is 1. The number of Topliss-reactive ketones (excluding diaryl/α,β-unsaturated/α-hetero) is 1. The Labute approximate surface area is 148 Å². The molecule has 0 amide bonds. The quantitative estimate of drug-likeness (QED) is 0.533. The highest BCUT2D eigenvalue weighted by atomic mass is 79.9. The molecular formula is C18H17BrO5. The molecule has 0 aliphatic rings. The zero-order chi connectivity index (χ0) is 17.5. The molecule has 2 rings (SSSR count). The summed E-state index contributed by atoms with van der Waals surface area (Å²) in [5.41, 5.74) is 1.24. The van der Waals surface area contributed by atoms with Crippen LogP contribution in [-0.2, 0) is 16.0 Å². The van der Waals surface area contributed by atoms with E-state index in [1.165, 1.54) is 0 Å². The van der Waals surface area contributed by atoms with Gasteiger partial charge in [-0.3, -0.25) is 9.59 Å². The number of benzene rings is 2. The predicted molar refractivity (Wildman–Crippen MR) is 92.7 cm³/mol. The van der Waals surface area contributed by atoms with E-state index in [4.69, 9.17) is 14.2 Å². The zero-order valence-corrected chi connectivity index (χ0v) is 15.0. The average Bonchev–Trinajstić information content (AvgIpc) is 2.60. The first-order valence-corrected chi connectivity index (χ1v) is 7.98. The fourth-order valence-electron chi connectivity index (χ4n) is 2.04. The Morgan fingerprint density at radius 3 is 2.29 bits per heavy atom. The van der Waals surface area contributed by atoms with Crippen LogP contribution in [0.3, 0.4) is 0 Å². The number of ether oxygens (including phenoxy) is 3. The van der Waals surface area contributed by atoms with Crippen molar-refractivity contribution >= 4 is 27.7 Å². The lowest BCUT2D eigenvalue weighted by atomic mass is 10.1. The van der Waals surface area contributed by atoms with Crippen LogP contribution in [0.2, 0.25) is 0 Å². The van der Waals surface area contributed by atoms with Crippen molar-refractivity contribution in [2.75, 3.05) is 20.8 Å². The van der Waals surface area contributed by atoms with E-state index in [0.717, 1.165) is 10.0 Å². The molecule has 2 aromatic carbocycles. The third-order valence-electron chi connectivity index (χ3n) is 3.34. The van der Waals surface area contributed by atoms with Crippen molar-refractivity contribution in [1.82, 2.24) is 0 Å². The van der Waals surface area contributed by atoms with Crippen LogP contribution in [-0.4, -0.2) is 32.6 Å². The minimum absolute atomic E-state index is 0.0818. The summed E-state index contributed by atoms with van der Waals surface area (Å²) in [4.78, 5) is 23.9. The highest BCUT2D eigenvalue weighted by Crippen LogP contribution is 2.25. The lowest BCUT2D eigenvalue weighted by Gasteiger charge is -2.07. The Balaban J connectivity index is 1.88. The molecule has 0 heterocycles. The van der Waals surface area contributed by atoms with Crippen molar-refractivity contribution in [3.8, 4) is 11.5 Å². The molecule has 0 saturated heterocycles. The molecular weight excluding hydrogens is 376 g/mol. The Hall–Kier alpha value is -2.34. The predicted octanol–water partition coefficient (Wildman–Crippen LogP) is 3.43. The first-order valence-electron chi connectivity index (χ1n) is 7.18. The third-order valence-corrected chi connectivity index (χ3v) is 3.96. The fraction of sp³-hybridized carbons (Fsp3) is 0.222. The molecule has 0 unspecified atom stereocenters. The second kappa shape index (κ2) is 8.49. The number of carbonyl (C=O) groups excluding carboxylic acids is 2. The number of methoxy groups -OCH3 is 2. The van der Waals surface area contributed by atoms with E-state index in [1.807, 2.05) is 0 Å². The van der Waals surface area contributed by atoms with Gasteiger partial charge in [0.25, 0.3) is 0 Å². The maximum atomic E-state index is 12.0. The molecule has 0 spiro atoms. The lowest BCUT2D eigenvalue weighted by Crippen LogP contribution is -2.15. The van der Waals surface area contributed by atoms with Crippen LogP contribution < -0.4 is 9.47 Å². The van der Waals surface area contributed by atoms with Gasteiger partial charge in [-0.25, -0.2) is 0 Å². The van der Waals surface area contributed by atoms with Crippen LogP contribution in [0.5, 0.6) is 11.5 Å². The van der Waals surface area contributed by atoms with Gasteiger partial charge in [0.2, 0.25) is 0 Å². The molecule has 126 valence electrons. The summed E-state index contributed by atoms with van der Waals surface area (Å²) in [5, 5.41) is 0. The van der Waals surface area contributed by atoms with Crippen LogP contribution in [0.4, 0.5) is 0 Å². The molecule has 0 N–H and O–H groups in total. The molecule has 0 atom stereocenters. The third kappa shape index (κ3) is 4.83. The number of carbonyl (C=O) groups is 2. The summed E-state index contributed by atoms with van der Waals surface area (Å²) in [6.45, 7) is -0.289. The van der Waals surface area contributed by atoms with Gasteiger partial charge in [0, 0.05) is 5.56 Å². The second-order valence-corrected chi connectivity index (χ2v) is 5.81. The van der Waals surface area contributed by atoms with Gasteiger partial charge in [0.15, 0.2) is 12.4 Å². The maximum Gasteiger partial charge on any atom is 0.310 e. The SMILES string of the molecule is COc1ccc(C(=O)COC(=O)Cc2ccc(OC)c(Br)c2)cc1. The minimum atomic E-state index is -0.464. The number of hydrogen-bond donors (Lipinski definition) is 0. The molecule has 6 heteroatoms. The van der Waals surface area contributed by atoms with Crippen LogP contribution in [0, 0.1) is 0 Å². The van der Waals surface area contributed by atoms with Crippen molar-refractivity contribution in [3.05, 3.63) is 58.1 Å². The average molecular weight is 393 g/mol. The van der Waals surface area contributed by atoms with Crippen molar-refractivity contribution < 1.29 is 23.8 Å². The topological polar surface area (TPSA) is 61.8 Å². The highest BCUT2D eigenvalue weighted by molar-refractivity contribution is 9.10. The van der Waals surface area contributed by atoms with E-state index in [-0.39, 0.29) is 18.8 Å². The van der Waals surface area contributed by atoms with E-state index in [9.17, 15) is 9.59 Å². The zero-order valence-electron chi connectivity index (χ0n) is 13.4. The summed E-state index contributed by atoms with van der Waals surface area (Å²) in [5.74, 6) is 0.617. The van der Waals surface area contributed by atoms with Crippen LogP contribution in [0.15, 0.2) is 46.9 Å². The Bertz CT molecular complexity index is 725. The van der Waals surface area contributed by atoms with Crippen molar-refractivity contribution in [1.29, 1.82) is 0 Å². The Morgan fingerprint density at radius 2 is 1.71 bits per heavy atom. The van der Waals surface area contributed by atoms with E-state index >= 15 is 0 Å². The van der Waals surface area contributed by atoms with Crippen molar-refractivity contribution in [2.24, 2.45) is 0 Å². The summed E-state index contributed by atoms with van der Waals surface area (Å²) < 4.78 is 16.0. The Kier molecular flexibility index (Phi) is 6.37. The van der Waals surface area contributed by atoms with E-state index < -0.39 is 5.97 Å². The second-order valence-electron chi connectivity index (χ2n) is 4.96. The molecule has 0 fully saturated rings. The van der Waals surface area contributed by atoms with E-state index in [2.05, 4.69) is 15.9 Å². The van der Waals surface area contributed by atoms with Gasteiger partial charge in [-0.15, -0.1) is 0 Å². The summed E-state index contributed by atoms with van der Waals surface area (Å²) >= 11 is 3.36. The summed E-state index contributed by atoms with van der Waals surface area (Å²) in [7, 11) is 3.12. The largest absolute Gasteiger partial charge is 0.497 e. The van der Waals surface area contributed by atoms with Gasteiger partial charge in [-0.2, -0.15) is 0 Å². The summed E-state index contributed by atoms with van der Waals surface area (Å²) in [6.07, 6.45) is 0.0818. The van der Waals surface area contributed by atoms with Crippen LogP contribution in [0.25, 0.3) is 0 Å². The van der Waals surface area contributed by atoms with Gasteiger partial charge < -0.3 is 14.2 Å². The fourth-order valence-corrected chi connectivity index (χ4v) is 2.63. The Morgan fingerprint density at radius 1 is 1.00 bits per heavy atom. The van der Waals surface area contributed by atoms with Crippen molar-refractivity contribution in [2.45, 2.75) is 6.42 Å². The van der Waals surface area contributed by atoms with E-state index in [0.29, 0.717) is 17.1 Å². The summed E-state index contributed by atoms with van der Waals surface area (Å²) in [6, 6.07) is 12.0. The van der Waals surface area contributed by atoms with Gasteiger partial charge in [-0.1, -0.05) is 6.07 Å². The molecule has 24 heavy (non-hydrogen) atoms. The number of ketones is 1. The molecule has 0 radical (unpaired) electrons. The van der Waals surface area contributed by atoms with Crippen LogP contribution in [0.1, 0.15) is 15.9 Å². The first kappa shape index (κ1) is 18.0. The molecule has 0 aliphatic carbocycles. The highest BCUT2D eigenvalue weighted by Gasteiger charge is 2.12. The van der Waals surface area contributed by atoms with Gasteiger partial charge in [0.1, 0.15) is 11.5 Å². The number of rotatable bonds is 7. The molecule has 0 bridgehead atoms. The molecule has 0 aromatic heterocycles. The minimum Gasteiger partial charge on any atom is -0.497 e. The lowest BCUT2D eigenvalue weighted by molar-refractivity contribution is -0.141. The number of hydrogen-bond acceptors (Lipinski definition) is 5. The smallest absolute Gasteiger partial charge is 0.310 e. The first-order chi connectivity index (χ1) is 11.5. The monoisotopic (exact) mass is 392 g/mol. The molecule has 2 aromatic rings. The van der Waals surface area contributed by atoms with E-state index in [1.54, 1.807) is 56.7 Å². The van der Waals surface area contributed by atoms with Gasteiger partial charge >= 0.3 is 5.97 Å². The van der Waals surface area contributed by atoms with Gasteiger partial charge in [0.05, 0.1) is 25.1 Å².